The van der Waals surface area contributed by atoms with Crippen LogP contribution in [0.1, 0.15) is 23.6 Å². The van der Waals surface area contributed by atoms with Gasteiger partial charge in [-0.15, -0.1) is 0 Å². The Labute approximate surface area is 114 Å². The highest BCUT2D eigenvalue weighted by Gasteiger charge is 2.19. The normalized spacial score (nSPS) is 10.2. The highest BCUT2D eigenvalue weighted by molar-refractivity contribution is 5.75. The highest BCUT2D eigenvalue weighted by atomic mass is 19.3. The molecule has 0 saturated heterocycles. The lowest BCUT2D eigenvalue weighted by atomic mass is 9.98. The summed E-state index contributed by atoms with van der Waals surface area (Å²) in [6.07, 6.45) is -0.299. The lowest BCUT2D eigenvalue weighted by Gasteiger charge is -2.13. The number of benzene rings is 1. The fourth-order valence-electron chi connectivity index (χ4n) is 1.69. The second-order valence-corrected chi connectivity index (χ2v) is 3.71. The number of esters is 1. The number of aliphatic hydroxyl groups is 1. The molecule has 0 saturated carbocycles. The third kappa shape index (κ3) is 3.90. The van der Waals surface area contributed by atoms with Crippen LogP contribution in [-0.2, 0) is 22.6 Å². The van der Waals surface area contributed by atoms with Crippen LogP contribution in [-0.4, -0.2) is 24.3 Å². The Morgan fingerprint density at radius 3 is 2.70 bits per heavy atom. The van der Waals surface area contributed by atoms with Crippen molar-refractivity contribution in [2.75, 3.05) is 6.61 Å². The zero-order valence-electron chi connectivity index (χ0n) is 10.7. The predicted octanol–water partition coefficient (Wildman–Crippen LogP) is 1.76. The summed E-state index contributed by atoms with van der Waals surface area (Å²) in [5.41, 5.74) is 0.215. The number of nitrogens with zero attached hydrogens (tertiary/aromatic N) is 1. The van der Waals surface area contributed by atoms with Gasteiger partial charge in [0.25, 0.3) is 0 Å². The topological polar surface area (TPSA) is 79.6 Å². The summed E-state index contributed by atoms with van der Waals surface area (Å²) in [5.74, 6) is -0.952. The molecule has 0 aliphatic rings. The van der Waals surface area contributed by atoms with E-state index in [2.05, 4.69) is 4.74 Å². The van der Waals surface area contributed by atoms with E-state index in [0.717, 1.165) is 6.07 Å². The summed E-state index contributed by atoms with van der Waals surface area (Å²) in [6.45, 7) is -1.75. The Bertz CT molecular complexity index is 526. The summed E-state index contributed by atoms with van der Waals surface area (Å²) in [4.78, 5) is 11.5. The SMILES string of the molecule is CCOC(=O)Cc1c(CO)ccc(OC(F)F)c1C#N. The van der Waals surface area contributed by atoms with E-state index in [4.69, 9.17) is 10.00 Å². The second kappa shape index (κ2) is 7.40. The Morgan fingerprint density at radius 2 is 2.20 bits per heavy atom. The van der Waals surface area contributed by atoms with Crippen LogP contribution in [0, 0.1) is 11.3 Å². The molecule has 7 heteroatoms. The summed E-state index contributed by atoms with van der Waals surface area (Å²) in [7, 11) is 0. The average molecular weight is 285 g/mol. The van der Waals surface area contributed by atoms with E-state index in [1.54, 1.807) is 13.0 Å². The van der Waals surface area contributed by atoms with E-state index in [9.17, 15) is 18.7 Å². The van der Waals surface area contributed by atoms with Crippen molar-refractivity contribution in [2.45, 2.75) is 26.6 Å². The van der Waals surface area contributed by atoms with Gasteiger partial charge in [0.1, 0.15) is 11.8 Å². The van der Waals surface area contributed by atoms with Crippen molar-refractivity contribution >= 4 is 5.97 Å². The van der Waals surface area contributed by atoms with Gasteiger partial charge in [0, 0.05) is 0 Å². The smallest absolute Gasteiger partial charge is 0.387 e. The molecule has 1 aromatic carbocycles. The molecule has 0 radical (unpaired) electrons. The monoisotopic (exact) mass is 285 g/mol. The number of ether oxygens (including phenoxy) is 2. The average Bonchev–Trinajstić information content (AvgIpc) is 2.39. The number of alkyl halides is 2. The van der Waals surface area contributed by atoms with Crippen molar-refractivity contribution in [3.05, 3.63) is 28.8 Å². The van der Waals surface area contributed by atoms with Crippen LogP contribution in [0.25, 0.3) is 0 Å². The third-order valence-electron chi connectivity index (χ3n) is 2.50. The van der Waals surface area contributed by atoms with E-state index >= 15 is 0 Å². The first kappa shape index (κ1) is 15.9. The summed E-state index contributed by atoms with van der Waals surface area (Å²) in [6, 6.07) is 4.20. The van der Waals surface area contributed by atoms with E-state index in [-0.39, 0.29) is 35.5 Å². The molecule has 0 fully saturated rings. The molecule has 0 aliphatic carbocycles. The number of aliphatic hydroxyl groups excluding tert-OH is 1. The fourth-order valence-corrected chi connectivity index (χ4v) is 1.69. The molecule has 0 unspecified atom stereocenters. The van der Waals surface area contributed by atoms with Gasteiger partial charge < -0.3 is 14.6 Å². The van der Waals surface area contributed by atoms with Crippen LogP contribution in [0.4, 0.5) is 8.78 Å². The minimum Gasteiger partial charge on any atom is -0.466 e. The van der Waals surface area contributed by atoms with E-state index < -0.39 is 19.2 Å². The molecular formula is C13H13F2NO4. The lowest BCUT2D eigenvalue weighted by molar-refractivity contribution is -0.142. The molecule has 1 aromatic rings. The van der Waals surface area contributed by atoms with Gasteiger partial charge >= 0.3 is 12.6 Å². The van der Waals surface area contributed by atoms with Gasteiger partial charge in [0.15, 0.2) is 0 Å². The Kier molecular flexibility index (Phi) is 5.87. The van der Waals surface area contributed by atoms with Gasteiger partial charge in [0.2, 0.25) is 0 Å². The summed E-state index contributed by atoms with van der Waals surface area (Å²) < 4.78 is 33.5. The molecule has 0 bridgehead atoms. The van der Waals surface area contributed by atoms with Crippen LogP contribution >= 0.6 is 0 Å². The summed E-state index contributed by atoms with van der Waals surface area (Å²) >= 11 is 0. The van der Waals surface area contributed by atoms with Crippen molar-refractivity contribution in [1.29, 1.82) is 5.26 Å². The molecule has 0 atom stereocenters. The molecule has 20 heavy (non-hydrogen) atoms. The van der Waals surface area contributed by atoms with Gasteiger partial charge in [-0.2, -0.15) is 14.0 Å². The van der Waals surface area contributed by atoms with E-state index in [0.29, 0.717) is 0 Å². The Morgan fingerprint density at radius 1 is 1.50 bits per heavy atom. The van der Waals surface area contributed by atoms with Crippen LogP contribution in [0.2, 0.25) is 0 Å². The Hall–Kier alpha value is -2.20. The molecular weight excluding hydrogens is 272 g/mol. The van der Waals surface area contributed by atoms with Crippen LogP contribution < -0.4 is 4.74 Å². The Balaban J connectivity index is 3.22. The maximum Gasteiger partial charge on any atom is 0.387 e. The number of hydrogen-bond donors (Lipinski definition) is 1. The molecule has 0 spiro atoms. The van der Waals surface area contributed by atoms with Crippen LogP contribution in [0.3, 0.4) is 0 Å². The number of hydrogen-bond acceptors (Lipinski definition) is 5. The second-order valence-electron chi connectivity index (χ2n) is 3.71. The van der Waals surface area contributed by atoms with Crippen molar-refractivity contribution < 1.29 is 28.2 Å². The minimum atomic E-state index is -3.09. The molecule has 0 aliphatic heterocycles. The third-order valence-corrected chi connectivity index (χ3v) is 2.50. The first-order chi connectivity index (χ1) is 9.53. The first-order valence-electron chi connectivity index (χ1n) is 5.79. The zero-order chi connectivity index (χ0) is 15.1. The standard InChI is InChI=1S/C13H13F2NO4/c1-2-19-12(18)5-9-8(7-17)3-4-11(10(9)6-16)20-13(14)15/h3-4,13,17H,2,5,7H2,1H3. The maximum atomic E-state index is 12.3. The number of rotatable bonds is 6. The predicted molar refractivity (Wildman–Crippen MR) is 64.0 cm³/mol. The van der Waals surface area contributed by atoms with Crippen molar-refractivity contribution in [3.8, 4) is 11.8 Å². The van der Waals surface area contributed by atoms with E-state index in [1.165, 1.54) is 6.07 Å². The largest absolute Gasteiger partial charge is 0.466 e. The summed E-state index contributed by atoms with van der Waals surface area (Å²) in [5, 5.41) is 18.3. The van der Waals surface area contributed by atoms with Gasteiger partial charge in [-0.25, -0.2) is 0 Å². The van der Waals surface area contributed by atoms with Crippen LogP contribution in [0.15, 0.2) is 12.1 Å². The first-order valence-corrected chi connectivity index (χ1v) is 5.79. The zero-order valence-corrected chi connectivity index (χ0v) is 10.7. The van der Waals surface area contributed by atoms with Crippen molar-refractivity contribution in [3.63, 3.8) is 0 Å². The van der Waals surface area contributed by atoms with Crippen molar-refractivity contribution in [2.24, 2.45) is 0 Å². The number of halogens is 2. The number of nitriles is 1. The van der Waals surface area contributed by atoms with Gasteiger partial charge in [-0.05, 0) is 24.1 Å². The molecule has 1 rings (SSSR count). The fraction of sp³-hybridized carbons (Fsp3) is 0.385. The molecule has 1 N–H and O–H groups in total. The quantitative estimate of drug-likeness (QED) is 0.806. The van der Waals surface area contributed by atoms with Gasteiger partial charge in [0.05, 0.1) is 25.2 Å². The molecule has 5 nitrogen and oxygen atoms in total. The van der Waals surface area contributed by atoms with Gasteiger partial charge in [-0.1, -0.05) is 6.07 Å². The lowest BCUT2D eigenvalue weighted by Crippen LogP contribution is -2.13. The number of carbonyl (C=O) groups is 1. The van der Waals surface area contributed by atoms with E-state index in [1.807, 2.05) is 0 Å². The maximum absolute atomic E-state index is 12.3. The van der Waals surface area contributed by atoms with Gasteiger partial charge in [-0.3, -0.25) is 4.79 Å². The molecule has 0 heterocycles. The molecule has 0 amide bonds. The molecule has 108 valence electrons. The highest BCUT2D eigenvalue weighted by Crippen LogP contribution is 2.27. The minimum absolute atomic E-state index is 0.131. The molecule has 0 aromatic heterocycles. The van der Waals surface area contributed by atoms with Crippen LogP contribution in [0.5, 0.6) is 5.75 Å². The van der Waals surface area contributed by atoms with Crippen molar-refractivity contribution in [1.82, 2.24) is 0 Å². The number of carbonyl (C=O) groups excluding carboxylic acids is 1.